The Morgan fingerprint density at radius 1 is 1.40 bits per heavy atom. The first kappa shape index (κ1) is 14.9. The van der Waals surface area contributed by atoms with Crippen LogP contribution in [0.25, 0.3) is 0 Å². The Kier molecular flexibility index (Phi) is 8.03. The van der Waals surface area contributed by atoms with E-state index in [-0.39, 0.29) is 23.3 Å². The van der Waals surface area contributed by atoms with Crippen LogP contribution < -0.4 is 4.74 Å². The summed E-state index contributed by atoms with van der Waals surface area (Å²) < 4.78 is 10.8. The molecule has 2 nitrogen and oxygen atoms in total. The van der Waals surface area contributed by atoms with Gasteiger partial charge >= 0.3 is 0 Å². The zero-order valence-electron chi connectivity index (χ0n) is 9.10. The van der Waals surface area contributed by atoms with Gasteiger partial charge in [-0.05, 0) is 24.6 Å². The monoisotopic (exact) mass is 292 g/mol. The molecule has 0 aliphatic rings. The van der Waals surface area contributed by atoms with Crippen LogP contribution in [-0.2, 0) is 4.52 Å². The van der Waals surface area contributed by atoms with E-state index in [0.717, 1.165) is 18.6 Å². The lowest BCUT2D eigenvalue weighted by Crippen LogP contribution is -2.15. The molecular weight excluding hydrogens is 275 g/mol. The molecule has 0 fully saturated rings. The molecule has 0 aromatic heterocycles. The molecule has 0 amide bonds. The average Bonchev–Trinajstić information content (AvgIpc) is 2.17. The van der Waals surface area contributed by atoms with Gasteiger partial charge in [-0.1, -0.05) is 25.5 Å². The van der Waals surface area contributed by atoms with E-state index in [4.69, 9.17) is 9.26 Å². The quantitative estimate of drug-likeness (QED) is 0.606. The van der Waals surface area contributed by atoms with Crippen molar-refractivity contribution in [1.82, 2.24) is 0 Å². The zero-order chi connectivity index (χ0) is 10.4. The second kappa shape index (κ2) is 8.09. The third-order valence-corrected chi connectivity index (χ3v) is 2.24. The maximum Gasteiger partial charge on any atom is 0.202 e. The van der Waals surface area contributed by atoms with E-state index in [1.165, 1.54) is 5.56 Å². The van der Waals surface area contributed by atoms with Gasteiger partial charge in [0.1, 0.15) is 5.75 Å². The Morgan fingerprint density at radius 3 is 2.67 bits per heavy atom. The van der Waals surface area contributed by atoms with Crippen molar-refractivity contribution in [1.29, 1.82) is 0 Å². The summed E-state index contributed by atoms with van der Waals surface area (Å²) in [4.78, 5) is 0. The minimum Gasteiger partial charge on any atom is -0.465 e. The van der Waals surface area contributed by atoms with Crippen LogP contribution in [0.5, 0.6) is 5.75 Å². The molecule has 15 heavy (non-hydrogen) atoms. The summed E-state index contributed by atoms with van der Waals surface area (Å²) in [5, 5.41) is 0. The van der Waals surface area contributed by atoms with Crippen LogP contribution in [0.3, 0.4) is 0 Å². The predicted molar refractivity (Wildman–Crippen MR) is 71.6 cm³/mol. The highest BCUT2D eigenvalue weighted by Gasteiger charge is 2.07. The van der Waals surface area contributed by atoms with Crippen molar-refractivity contribution in [2.24, 2.45) is 0 Å². The van der Waals surface area contributed by atoms with Crippen LogP contribution in [0.2, 0.25) is 0 Å². The molecule has 0 spiro atoms. The fraction of sp³-hybridized carbons (Fsp3) is 0.455. The SMILES string of the molecule is Br.CCCC(OP)Oc1cccc(C)c1. The summed E-state index contributed by atoms with van der Waals surface area (Å²) in [7, 11) is 2.25. The predicted octanol–water partition coefficient (Wildman–Crippen LogP) is 3.88. The van der Waals surface area contributed by atoms with Crippen molar-refractivity contribution in [3.05, 3.63) is 29.8 Å². The van der Waals surface area contributed by atoms with Gasteiger partial charge in [0.05, 0.1) is 0 Å². The molecule has 0 aliphatic heterocycles. The highest BCUT2D eigenvalue weighted by atomic mass is 79.9. The van der Waals surface area contributed by atoms with Gasteiger partial charge in [-0.2, -0.15) is 0 Å². The largest absolute Gasteiger partial charge is 0.465 e. The van der Waals surface area contributed by atoms with Gasteiger partial charge in [-0.3, -0.25) is 0 Å². The molecule has 1 rings (SSSR count). The van der Waals surface area contributed by atoms with Crippen LogP contribution in [-0.4, -0.2) is 6.29 Å². The van der Waals surface area contributed by atoms with Gasteiger partial charge in [0.25, 0.3) is 0 Å². The molecule has 0 aliphatic carbocycles. The van der Waals surface area contributed by atoms with E-state index in [1.807, 2.05) is 31.2 Å². The van der Waals surface area contributed by atoms with Crippen molar-refractivity contribution < 1.29 is 9.26 Å². The van der Waals surface area contributed by atoms with E-state index < -0.39 is 0 Å². The maximum absolute atomic E-state index is 5.64. The summed E-state index contributed by atoms with van der Waals surface area (Å²) in [6.45, 7) is 4.15. The smallest absolute Gasteiger partial charge is 0.202 e. The molecule has 86 valence electrons. The summed E-state index contributed by atoms with van der Waals surface area (Å²) in [5.74, 6) is 0.867. The first-order chi connectivity index (χ1) is 6.76. The standard InChI is InChI=1S/C11H17O2P.BrH/c1-3-5-11(13-14)12-10-7-4-6-9(2)8-10;/h4,6-8,11H,3,5,14H2,1-2H3;1H. The third kappa shape index (κ3) is 5.50. The van der Waals surface area contributed by atoms with Gasteiger partial charge in [0.2, 0.25) is 6.29 Å². The van der Waals surface area contributed by atoms with Crippen molar-refractivity contribution in [3.8, 4) is 5.75 Å². The Hall–Kier alpha value is -0.110. The van der Waals surface area contributed by atoms with Gasteiger partial charge in [-0.15, -0.1) is 17.0 Å². The minimum absolute atomic E-state index is 0. The number of halogens is 1. The molecule has 0 radical (unpaired) electrons. The molecule has 0 saturated carbocycles. The molecule has 2 unspecified atom stereocenters. The highest BCUT2D eigenvalue weighted by molar-refractivity contribution is 8.93. The zero-order valence-corrected chi connectivity index (χ0v) is 12.0. The van der Waals surface area contributed by atoms with Crippen molar-refractivity contribution in [3.63, 3.8) is 0 Å². The van der Waals surface area contributed by atoms with E-state index in [1.54, 1.807) is 0 Å². The van der Waals surface area contributed by atoms with Gasteiger partial charge in [0, 0.05) is 15.9 Å². The number of aryl methyl sites for hydroxylation is 1. The van der Waals surface area contributed by atoms with Crippen LogP contribution >= 0.6 is 26.4 Å². The molecule has 0 bridgehead atoms. The Labute approximate surface area is 104 Å². The van der Waals surface area contributed by atoms with Crippen molar-refractivity contribution in [2.75, 3.05) is 0 Å². The lowest BCUT2D eigenvalue weighted by molar-refractivity contribution is 0.0142. The second-order valence-corrected chi connectivity index (χ2v) is 3.56. The number of ether oxygens (including phenoxy) is 1. The highest BCUT2D eigenvalue weighted by Crippen LogP contribution is 2.17. The molecule has 0 saturated heterocycles. The number of rotatable bonds is 5. The lowest BCUT2D eigenvalue weighted by Gasteiger charge is -2.16. The number of hydrogen-bond donors (Lipinski definition) is 0. The summed E-state index contributed by atoms with van der Waals surface area (Å²) in [5.41, 5.74) is 1.20. The maximum atomic E-state index is 5.64. The lowest BCUT2D eigenvalue weighted by atomic mass is 10.2. The first-order valence-electron chi connectivity index (χ1n) is 4.85. The van der Waals surface area contributed by atoms with E-state index in [2.05, 4.69) is 16.4 Å². The van der Waals surface area contributed by atoms with E-state index in [0.29, 0.717) is 0 Å². The molecule has 1 aromatic rings. The minimum atomic E-state index is -0.160. The fourth-order valence-corrected chi connectivity index (χ4v) is 1.42. The third-order valence-electron chi connectivity index (χ3n) is 1.93. The normalized spacial score (nSPS) is 11.7. The van der Waals surface area contributed by atoms with E-state index in [9.17, 15) is 0 Å². The summed E-state index contributed by atoms with van der Waals surface area (Å²) >= 11 is 0. The molecule has 4 heteroatoms. The molecule has 2 atom stereocenters. The Bertz CT molecular complexity index is 281. The van der Waals surface area contributed by atoms with Crippen LogP contribution in [0.4, 0.5) is 0 Å². The van der Waals surface area contributed by atoms with Crippen LogP contribution in [0.15, 0.2) is 24.3 Å². The van der Waals surface area contributed by atoms with Crippen LogP contribution in [0, 0.1) is 6.92 Å². The molecule has 0 heterocycles. The average molecular weight is 293 g/mol. The topological polar surface area (TPSA) is 18.5 Å². The molecule has 0 N–H and O–H groups in total. The summed E-state index contributed by atoms with van der Waals surface area (Å²) in [6.07, 6.45) is 1.79. The number of hydrogen-bond acceptors (Lipinski definition) is 2. The van der Waals surface area contributed by atoms with E-state index >= 15 is 0 Å². The van der Waals surface area contributed by atoms with Gasteiger partial charge in [-0.25, -0.2) is 0 Å². The van der Waals surface area contributed by atoms with Crippen LogP contribution in [0.1, 0.15) is 25.3 Å². The van der Waals surface area contributed by atoms with Gasteiger partial charge < -0.3 is 9.26 Å². The first-order valence-corrected chi connectivity index (χ1v) is 5.32. The second-order valence-electron chi connectivity index (χ2n) is 3.29. The van der Waals surface area contributed by atoms with Gasteiger partial charge in [0.15, 0.2) is 0 Å². The summed E-state index contributed by atoms with van der Waals surface area (Å²) in [6, 6.07) is 7.98. The molecule has 1 aromatic carbocycles. The fourth-order valence-electron chi connectivity index (χ4n) is 1.23. The van der Waals surface area contributed by atoms with Crippen molar-refractivity contribution >= 4 is 26.4 Å². The molecular formula is C11H18BrO2P. The Morgan fingerprint density at radius 2 is 2.13 bits per heavy atom. The van der Waals surface area contributed by atoms with Crippen molar-refractivity contribution in [2.45, 2.75) is 33.0 Å². The Balaban J connectivity index is 0.00000196. The number of benzene rings is 1.